The Labute approximate surface area is 152 Å². The van der Waals surface area contributed by atoms with Crippen LogP contribution in [0.15, 0.2) is 36.7 Å². The largest absolute Gasteiger partial charge is 0.376 e. The van der Waals surface area contributed by atoms with Crippen LogP contribution in [0.25, 0.3) is 0 Å². The maximum atomic E-state index is 12.8. The van der Waals surface area contributed by atoms with Gasteiger partial charge in [0.1, 0.15) is 0 Å². The second-order valence-corrected chi connectivity index (χ2v) is 8.69. The molecule has 2 atom stereocenters. The fourth-order valence-electron chi connectivity index (χ4n) is 4.37. The van der Waals surface area contributed by atoms with E-state index in [-0.39, 0.29) is 11.3 Å². The summed E-state index contributed by atoms with van der Waals surface area (Å²) < 4.78 is 6.07. The first-order chi connectivity index (χ1) is 12.2. The number of carbonyl (C=O) groups excluding carboxylic acids is 1. The van der Waals surface area contributed by atoms with Gasteiger partial charge < -0.3 is 9.64 Å². The third kappa shape index (κ3) is 3.35. The van der Waals surface area contributed by atoms with Gasteiger partial charge in [-0.25, -0.2) is 0 Å². The van der Waals surface area contributed by atoms with E-state index in [4.69, 9.17) is 4.74 Å². The minimum Gasteiger partial charge on any atom is -0.376 e. The molecule has 25 heavy (non-hydrogen) atoms. The molecule has 1 amide bonds. The molecule has 2 fully saturated rings. The molecule has 1 saturated carbocycles. The van der Waals surface area contributed by atoms with E-state index in [1.807, 2.05) is 37.4 Å². The van der Waals surface area contributed by atoms with Crippen LogP contribution in [-0.2, 0) is 11.3 Å². The molecule has 3 heterocycles. The Kier molecular flexibility index (Phi) is 4.61. The molecular formula is C20H24N2O2S. The normalized spacial score (nSPS) is 25.3. The summed E-state index contributed by atoms with van der Waals surface area (Å²) in [6, 6.07) is 7.97. The van der Waals surface area contributed by atoms with Crippen LogP contribution in [0, 0.1) is 18.3 Å². The third-order valence-corrected chi connectivity index (χ3v) is 6.65. The van der Waals surface area contributed by atoms with Gasteiger partial charge in [0.25, 0.3) is 5.91 Å². The van der Waals surface area contributed by atoms with Crippen molar-refractivity contribution in [2.24, 2.45) is 11.3 Å². The molecule has 0 unspecified atom stereocenters. The monoisotopic (exact) mass is 356 g/mol. The molecule has 0 aromatic carbocycles. The van der Waals surface area contributed by atoms with Crippen molar-refractivity contribution in [1.82, 2.24) is 9.88 Å². The van der Waals surface area contributed by atoms with E-state index in [1.165, 1.54) is 17.7 Å². The molecule has 0 spiro atoms. The van der Waals surface area contributed by atoms with Gasteiger partial charge in [-0.15, -0.1) is 11.3 Å². The van der Waals surface area contributed by atoms with Crippen LogP contribution in [0.2, 0.25) is 0 Å². The minimum absolute atomic E-state index is 0.143. The predicted molar refractivity (Wildman–Crippen MR) is 98.6 cm³/mol. The van der Waals surface area contributed by atoms with Gasteiger partial charge in [0.15, 0.2) is 0 Å². The van der Waals surface area contributed by atoms with Gasteiger partial charge in [-0.2, -0.15) is 0 Å². The molecule has 1 aliphatic carbocycles. The van der Waals surface area contributed by atoms with E-state index in [1.54, 1.807) is 17.5 Å². The summed E-state index contributed by atoms with van der Waals surface area (Å²) in [5, 5.41) is 0. The second kappa shape index (κ2) is 6.89. The van der Waals surface area contributed by atoms with Gasteiger partial charge in [-0.3, -0.25) is 9.78 Å². The molecule has 5 heteroatoms. The van der Waals surface area contributed by atoms with Gasteiger partial charge in [-0.05, 0) is 49.4 Å². The number of hydrogen-bond acceptors (Lipinski definition) is 4. The smallest absolute Gasteiger partial charge is 0.263 e. The van der Waals surface area contributed by atoms with Crippen molar-refractivity contribution in [2.45, 2.75) is 32.8 Å². The summed E-state index contributed by atoms with van der Waals surface area (Å²) in [5.41, 5.74) is 1.25. The van der Waals surface area contributed by atoms with Gasteiger partial charge in [0, 0.05) is 35.8 Å². The highest BCUT2D eigenvalue weighted by Crippen LogP contribution is 2.49. The topological polar surface area (TPSA) is 42.4 Å². The lowest BCUT2D eigenvalue weighted by Crippen LogP contribution is -2.34. The lowest BCUT2D eigenvalue weighted by atomic mass is 9.81. The van der Waals surface area contributed by atoms with Crippen molar-refractivity contribution in [3.8, 4) is 0 Å². The highest BCUT2D eigenvalue weighted by atomic mass is 32.1. The van der Waals surface area contributed by atoms with E-state index in [9.17, 15) is 4.79 Å². The summed E-state index contributed by atoms with van der Waals surface area (Å²) in [5.74, 6) is 0.769. The number of ether oxygens (including phenoxy) is 1. The van der Waals surface area contributed by atoms with E-state index in [0.717, 1.165) is 36.6 Å². The van der Waals surface area contributed by atoms with E-state index < -0.39 is 0 Å². The van der Waals surface area contributed by atoms with Gasteiger partial charge in [0.05, 0.1) is 18.1 Å². The number of hydrogen-bond donors (Lipinski definition) is 0. The number of carbonyl (C=O) groups is 1. The first-order valence-corrected chi connectivity index (χ1v) is 9.80. The molecule has 2 aromatic rings. The molecule has 4 rings (SSSR count). The Morgan fingerprint density at radius 2 is 2.36 bits per heavy atom. The lowest BCUT2D eigenvalue weighted by Gasteiger charge is -2.28. The van der Waals surface area contributed by atoms with Crippen LogP contribution in [0.5, 0.6) is 0 Å². The van der Waals surface area contributed by atoms with E-state index in [0.29, 0.717) is 12.5 Å². The number of aromatic nitrogens is 1. The van der Waals surface area contributed by atoms with Crippen LogP contribution in [0.4, 0.5) is 0 Å². The zero-order chi connectivity index (χ0) is 17.3. The number of likely N-dealkylation sites (tertiary alicyclic amines) is 1. The number of nitrogens with zero attached hydrogens (tertiary/aromatic N) is 2. The highest BCUT2D eigenvalue weighted by Gasteiger charge is 2.50. The van der Waals surface area contributed by atoms with E-state index in [2.05, 4.69) is 9.88 Å². The maximum absolute atomic E-state index is 12.8. The first kappa shape index (κ1) is 16.7. The maximum Gasteiger partial charge on any atom is 0.263 e. The second-order valence-electron chi connectivity index (χ2n) is 7.40. The number of rotatable bonds is 5. The summed E-state index contributed by atoms with van der Waals surface area (Å²) >= 11 is 1.60. The average molecular weight is 356 g/mol. The van der Waals surface area contributed by atoms with Crippen LogP contribution in [0.3, 0.4) is 0 Å². The number of fused-ring (bicyclic) bond motifs is 1. The molecule has 1 saturated heterocycles. The van der Waals surface area contributed by atoms with Crippen LogP contribution >= 0.6 is 11.3 Å². The summed E-state index contributed by atoms with van der Waals surface area (Å²) in [6.07, 6.45) is 7.26. The van der Waals surface area contributed by atoms with Crippen LogP contribution in [-0.4, -0.2) is 35.5 Å². The molecule has 2 aromatic heterocycles. The Balaban J connectivity index is 1.41. The molecule has 1 aliphatic heterocycles. The quantitative estimate of drug-likeness (QED) is 0.816. The van der Waals surface area contributed by atoms with Crippen molar-refractivity contribution < 1.29 is 9.53 Å². The average Bonchev–Trinajstić information content (AvgIpc) is 3.29. The van der Waals surface area contributed by atoms with Crippen molar-refractivity contribution >= 4 is 17.2 Å². The van der Waals surface area contributed by atoms with Crippen molar-refractivity contribution in [2.75, 3.05) is 19.7 Å². The third-order valence-electron chi connectivity index (χ3n) is 5.66. The van der Waals surface area contributed by atoms with Gasteiger partial charge >= 0.3 is 0 Å². The Bertz CT molecular complexity index is 745. The van der Waals surface area contributed by atoms with E-state index >= 15 is 0 Å². The number of pyridine rings is 1. The molecule has 2 aliphatic rings. The Hall–Kier alpha value is -1.72. The molecule has 0 bridgehead atoms. The molecule has 4 nitrogen and oxygen atoms in total. The predicted octanol–water partition coefficient (Wildman–Crippen LogP) is 3.91. The molecule has 0 N–H and O–H groups in total. The highest BCUT2D eigenvalue weighted by molar-refractivity contribution is 7.13. The zero-order valence-corrected chi connectivity index (χ0v) is 15.4. The Morgan fingerprint density at radius 1 is 1.44 bits per heavy atom. The lowest BCUT2D eigenvalue weighted by molar-refractivity contribution is 0.0265. The van der Waals surface area contributed by atoms with Crippen LogP contribution < -0.4 is 0 Å². The fourth-order valence-corrected chi connectivity index (χ4v) is 5.20. The summed E-state index contributed by atoms with van der Waals surface area (Å²) in [4.78, 5) is 21.1. The van der Waals surface area contributed by atoms with Crippen molar-refractivity contribution in [1.29, 1.82) is 0 Å². The molecular weight excluding hydrogens is 332 g/mol. The van der Waals surface area contributed by atoms with Crippen molar-refractivity contribution in [3.05, 3.63) is 52.0 Å². The fraction of sp³-hybridized carbons (Fsp3) is 0.500. The zero-order valence-electron chi connectivity index (χ0n) is 14.6. The number of thiophene rings is 1. The van der Waals surface area contributed by atoms with Crippen molar-refractivity contribution in [3.63, 3.8) is 0 Å². The first-order valence-electron chi connectivity index (χ1n) is 8.99. The van der Waals surface area contributed by atoms with Crippen LogP contribution in [0.1, 0.15) is 39.4 Å². The minimum atomic E-state index is 0.143. The molecule has 132 valence electrons. The summed E-state index contributed by atoms with van der Waals surface area (Å²) in [7, 11) is 0. The summed E-state index contributed by atoms with van der Waals surface area (Å²) in [6.45, 7) is 5.10. The number of aryl methyl sites for hydroxylation is 1. The standard InChI is InChI=1S/C20H24N2O2S/c1-15-6-7-18(25-15)19(23)22-11-17-5-2-8-20(17,13-22)14-24-12-16-4-3-9-21-10-16/h3-4,6-7,9-10,17H,2,5,8,11-14H2,1H3/t17-,20+/m1/s1. The number of amides is 1. The van der Waals surface area contributed by atoms with Gasteiger partial charge in [-0.1, -0.05) is 12.5 Å². The SMILES string of the molecule is Cc1ccc(C(=O)N2C[C@H]3CCC[C@@]3(COCc3cccnc3)C2)s1. The van der Waals surface area contributed by atoms with Gasteiger partial charge in [0.2, 0.25) is 0 Å². The Morgan fingerprint density at radius 3 is 3.12 bits per heavy atom. The molecule has 0 radical (unpaired) electrons.